The van der Waals surface area contributed by atoms with Crippen LogP contribution in [-0.4, -0.2) is 42.4 Å². The maximum Gasteiger partial charge on any atom is 0.243 e. The van der Waals surface area contributed by atoms with Gasteiger partial charge in [-0.25, -0.2) is 0 Å². The largest absolute Gasteiger partial charge is 0.488 e. The summed E-state index contributed by atoms with van der Waals surface area (Å²) in [4.78, 5) is 14.8. The monoisotopic (exact) mass is 362 g/mol. The Bertz CT molecular complexity index is 626. The van der Waals surface area contributed by atoms with Gasteiger partial charge in [-0.05, 0) is 43.7 Å². The Morgan fingerprint density at radius 2 is 2.00 bits per heavy atom. The van der Waals surface area contributed by atoms with Crippen molar-refractivity contribution in [2.75, 3.05) is 18.6 Å². The lowest BCUT2D eigenvalue weighted by Crippen LogP contribution is -2.54. The number of ether oxygens (including phenoxy) is 1. The first-order valence-electron chi connectivity index (χ1n) is 9.70. The minimum Gasteiger partial charge on any atom is -0.488 e. The molecule has 0 unspecified atom stereocenters. The van der Waals surface area contributed by atoms with Crippen molar-refractivity contribution in [1.29, 1.82) is 0 Å². The van der Waals surface area contributed by atoms with Crippen molar-refractivity contribution >= 4 is 11.6 Å². The molecule has 5 nitrogen and oxygen atoms in total. The summed E-state index contributed by atoms with van der Waals surface area (Å²) in [6.07, 6.45) is 2.46. The average molecular weight is 363 g/mol. The van der Waals surface area contributed by atoms with E-state index < -0.39 is 0 Å². The molecule has 5 heteroatoms. The van der Waals surface area contributed by atoms with Crippen LogP contribution in [0, 0.1) is 5.92 Å². The third-order valence-electron chi connectivity index (χ3n) is 5.65. The number of rotatable bonds is 6. The van der Waals surface area contributed by atoms with Crippen molar-refractivity contribution < 1.29 is 14.6 Å². The molecule has 1 heterocycles. The third kappa shape index (κ3) is 4.32. The highest BCUT2D eigenvalue weighted by atomic mass is 16.5. The maximum atomic E-state index is 12.7. The zero-order chi connectivity index (χ0) is 19.5. The van der Waals surface area contributed by atoms with Gasteiger partial charge in [-0.15, -0.1) is 0 Å². The number of aliphatic hydroxyl groups is 1. The summed E-state index contributed by atoms with van der Waals surface area (Å²) in [6, 6.07) is 5.55. The van der Waals surface area contributed by atoms with E-state index in [-0.39, 0.29) is 36.1 Å². The topological polar surface area (TPSA) is 61.8 Å². The molecule has 0 fully saturated rings. The zero-order valence-electron chi connectivity index (χ0n) is 17.0. The number of carbonyl (C=O) groups excluding carboxylic acids is 1. The summed E-state index contributed by atoms with van der Waals surface area (Å²) >= 11 is 0. The highest BCUT2D eigenvalue weighted by Crippen LogP contribution is 2.33. The van der Waals surface area contributed by atoms with Crippen molar-refractivity contribution in [2.24, 2.45) is 5.92 Å². The van der Waals surface area contributed by atoms with Gasteiger partial charge in [0.15, 0.2) is 0 Å². The summed E-state index contributed by atoms with van der Waals surface area (Å²) in [5.74, 6) is 0.933. The van der Waals surface area contributed by atoms with E-state index in [0.29, 0.717) is 6.42 Å². The highest BCUT2D eigenvalue weighted by Gasteiger charge is 2.32. The number of amides is 1. The minimum atomic E-state index is -0.290. The number of likely N-dealkylation sites (N-methyl/N-ethyl adjacent to an activating group) is 1. The fourth-order valence-electron chi connectivity index (χ4n) is 3.58. The van der Waals surface area contributed by atoms with Crippen LogP contribution in [0.25, 0.3) is 0 Å². The smallest absolute Gasteiger partial charge is 0.243 e. The summed E-state index contributed by atoms with van der Waals surface area (Å²) < 4.78 is 6.29. The number of hydrogen-bond donors (Lipinski definition) is 2. The molecular formula is C21H34N2O3. The Morgan fingerprint density at radius 3 is 2.54 bits per heavy atom. The van der Waals surface area contributed by atoms with Crippen LogP contribution in [0.2, 0.25) is 0 Å². The average Bonchev–Trinajstić information content (AvgIpc) is 2.60. The van der Waals surface area contributed by atoms with Crippen LogP contribution in [0.3, 0.4) is 0 Å². The number of aliphatic hydroxyl groups excluding tert-OH is 1. The van der Waals surface area contributed by atoms with E-state index in [9.17, 15) is 9.90 Å². The molecule has 1 aromatic carbocycles. The van der Waals surface area contributed by atoms with E-state index in [1.54, 1.807) is 0 Å². The minimum absolute atomic E-state index is 0.0366. The second kappa shape index (κ2) is 8.30. The van der Waals surface area contributed by atoms with Crippen molar-refractivity contribution in [1.82, 2.24) is 5.32 Å². The number of fused-ring (bicyclic) bond motifs is 1. The Kier molecular flexibility index (Phi) is 6.56. The molecule has 0 spiro atoms. The van der Waals surface area contributed by atoms with Crippen LogP contribution in [-0.2, 0) is 11.2 Å². The summed E-state index contributed by atoms with van der Waals surface area (Å²) in [5, 5.41) is 12.6. The first kappa shape index (κ1) is 20.6. The lowest BCUT2D eigenvalue weighted by Gasteiger charge is -2.37. The second-order valence-electron chi connectivity index (χ2n) is 7.94. The van der Waals surface area contributed by atoms with Gasteiger partial charge < -0.3 is 20.1 Å². The fraction of sp³-hybridized carbons (Fsp3) is 0.667. The molecular weight excluding hydrogens is 328 g/mol. The van der Waals surface area contributed by atoms with Crippen molar-refractivity contribution in [3.05, 3.63) is 23.8 Å². The molecule has 26 heavy (non-hydrogen) atoms. The Morgan fingerprint density at radius 1 is 1.35 bits per heavy atom. The Labute approximate surface area is 157 Å². The van der Waals surface area contributed by atoms with Gasteiger partial charge in [-0.2, -0.15) is 0 Å². The molecule has 0 aromatic heterocycles. The molecule has 2 N–H and O–H groups in total. The molecule has 0 saturated heterocycles. The molecule has 0 radical (unpaired) electrons. The summed E-state index contributed by atoms with van der Waals surface area (Å²) in [5.41, 5.74) is 1.92. The molecule has 1 aliphatic heterocycles. The van der Waals surface area contributed by atoms with Crippen LogP contribution in [0.4, 0.5) is 5.69 Å². The van der Waals surface area contributed by atoms with E-state index in [0.717, 1.165) is 29.8 Å². The van der Waals surface area contributed by atoms with Crippen LogP contribution in [0.5, 0.6) is 5.75 Å². The van der Waals surface area contributed by atoms with E-state index in [1.165, 1.54) is 0 Å². The Balaban J connectivity index is 2.46. The Hall–Kier alpha value is -1.75. The van der Waals surface area contributed by atoms with E-state index in [4.69, 9.17) is 4.74 Å². The number of nitrogens with one attached hydrogen (secondary N) is 1. The first-order chi connectivity index (χ1) is 12.2. The van der Waals surface area contributed by atoms with Gasteiger partial charge in [-0.1, -0.05) is 33.8 Å². The summed E-state index contributed by atoms with van der Waals surface area (Å²) in [6.45, 7) is 10.4. The second-order valence-corrected chi connectivity index (χ2v) is 7.94. The van der Waals surface area contributed by atoms with Gasteiger partial charge in [0.2, 0.25) is 5.91 Å². The number of hydrogen-bond acceptors (Lipinski definition) is 4. The van der Waals surface area contributed by atoms with Gasteiger partial charge in [0, 0.05) is 18.8 Å². The lowest BCUT2D eigenvalue weighted by molar-refractivity contribution is -0.124. The molecule has 0 saturated carbocycles. The predicted molar refractivity (Wildman–Crippen MR) is 106 cm³/mol. The van der Waals surface area contributed by atoms with Gasteiger partial charge >= 0.3 is 0 Å². The fourth-order valence-corrected chi connectivity index (χ4v) is 3.58. The van der Waals surface area contributed by atoms with Gasteiger partial charge in [0.1, 0.15) is 17.4 Å². The summed E-state index contributed by atoms with van der Waals surface area (Å²) in [7, 11) is 1.96. The van der Waals surface area contributed by atoms with Crippen molar-refractivity contribution in [3.8, 4) is 5.75 Å². The third-order valence-corrected chi connectivity index (χ3v) is 5.65. The van der Waals surface area contributed by atoms with Gasteiger partial charge in [0.25, 0.3) is 0 Å². The molecule has 146 valence electrons. The maximum absolute atomic E-state index is 12.7. The highest BCUT2D eigenvalue weighted by molar-refractivity contribution is 5.86. The quantitative estimate of drug-likeness (QED) is 0.816. The van der Waals surface area contributed by atoms with E-state index >= 15 is 0 Å². The van der Waals surface area contributed by atoms with Crippen LogP contribution in [0.15, 0.2) is 18.2 Å². The predicted octanol–water partition coefficient (Wildman–Crippen LogP) is 3.14. The number of nitrogens with zero attached hydrogens (tertiary/aromatic N) is 1. The normalized spacial score (nSPS) is 21.1. The molecule has 0 bridgehead atoms. The first-order valence-corrected chi connectivity index (χ1v) is 9.70. The number of anilines is 1. The molecule has 1 aromatic rings. The van der Waals surface area contributed by atoms with Gasteiger partial charge in [0.05, 0.1) is 12.6 Å². The SMILES string of the molecule is CCC(C)(CC)Oc1ccc2c(c1)N(C)[C@H](C(C)C)C(=O)N[C@@H](CO)C2. The molecule has 2 rings (SSSR count). The van der Waals surface area contributed by atoms with Crippen molar-refractivity contribution in [2.45, 2.75) is 71.6 Å². The molecule has 1 aliphatic rings. The van der Waals surface area contributed by atoms with Crippen LogP contribution in [0.1, 0.15) is 53.0 Å². The number of carbonyl (C=O) groups is 1. The lowest BCUT2D eigenvalue weighted by atomic mass is 9.95. The van der Waals surface area contributed by atoms with E-state index in [1.807, 2.05) is 37.9 Å². The van der Waals surface area contributed by atoms with Crippen molar-refractivity contribution in [3.63, 3.8) is 0 Å². The molecule has 1 amide bonds. The molecule has 2 atom stereocenters. The zero-order valence-corrected chi connectivity index (χ0v) is 17.0. The standard InChI is InChI=1S/C21H34N2O3/c1-7-21(5,8-2)26-17-10-9-15-11-16(13-24)22-20(25)19(14(3)4)23(6)18(15)12-17/h9-10,12,14,16,19,24H,7-8,11,13H2,1-6H3,(H,22,25)/t16-,19-/m1/s1. The van der Waals surface area contributed by atoms with E-state index in [2.05, 4.69) is 32.2 Å². The van der Waals surface area contributed by atoms with Crippen LogP contribution >= 0.6 is 0 Å². The van der Waals surface area contributed by atoms with Gasteiger partial charge in [-0.3, -0.25) is 4.79 Å². The molecule has 0 aliphatic carbocycles. The number of benzene rings is 1. The van der Waals surface area contributed by atoms with Crippen LogP contribution < -0.4 is 15.0 Å².